The molecule has 1 aliphatic carbocycles. The van der Waals surface area contributed by atoms with Gasteiger partial charge in [-0.25, -0.2) is 0 Å². The molecule has 0 aromatic heterocycles. The number of hydrogen-bond donors (Lipinski definition) is 1. The first-order valence-electron chi connectivity index (χ1n) is 7.00. The molecule has 1 fully saturated rings. The van der Waals surface area contributed by atoms with Gasteiger partial charge < -0.3 is 5.73 Å². The molecule has 0 bridgehead atoms. The van der Waals surface area contributed by atoms with Crippen molar-refractivity contribution in [3.63, 3.8) is 0 Å². The van der Waals surface area contributed by atoms with E-state index in [1.807, 2.05) is 12.1 Å². The summed E-state index contributed by atoms with van der Waals surface area (Å²) < 4.78 is 0. The summed E-state index contributed by atoms with van der Waals surface area (Å²) in [6.45, 7) is 0. The molecule has 0 unspecified atom stereocenters. The van der Waals surface area contributed by atoms with Crippen LogP contribution in [0.3, 0.4) is 0 Å². The topological polar surface area (TPSA) is 26.0 Å². The zero-order valence-corrected chi connectivity index (χ0v) is 12.8. The summed E-state index contributed by atoms with van der Waals surface area (Å²) in [6.07, 6.45) is 3.80. The van der Waals surface area contributed by atoms with Gasteiger partial charge in [-0.2, -0.15) is 0 Å². The van der Waals surface area contributed by atoms with Crippen molar-refractivity contribution in [2.75, 3.05) is 0 Å². The highest BCUT2D eigenvalue weighted by molar-refractivity contribution is 7.99. The summed E-state index contributed by atoms with van der Waals surface area (Å²) in [4.78, 5) is 2.45. The summed E-state index contributed by atoms with van der Waals surface area (Å²) in [6, 6.07) is 16.6. The highest BCUT2D eigenvalue weighted by Gasteiger charge is 2.25. The lowest BCUT2D eigenvalue weighted by molar-refractivity contribution is 0.589. The first-order valence-corrected chi connectivity index (χ1v) is 8.20. The standard InChI is InChI=1S/C17H18ClNS/c18-13-7-9-14(10-8-13)20-17-4-2-1-3-15(17)16(19)11-12-5-6-12/h1-4,7-10,12,16H,5-6,11,19H2/t16-/m1/s1. The first-order chi connectivity index (χ1) is 9.72. The third kappa shape index (κ3) is 3.57. The monoisotopic (exact) mass is 303 g/mol. The predicted octanol–water partition coefficient (Wildman–Crippen LogP) is 5.29. The molecule has 2 aromatic rings. The average molecular weight is 304 g/mol. The van der Waals surface area contributed by atoms with Gasteiger partial charge in [0.25, 0.3) is 0 Å². The molecule has 0 aliphatic heterocycles. The van der Waals surface area contributed by atoms with Crippen LogP contribution in [0, 0.1) is 5.92 Å². The van der Waals surface area contributed by atoms with Crippen molar-refractivity contribution in [1.82, 2.24) is 0 Å². The van der Waals surface area contributed by atoms with E-state index < -0.39 is 0 Å². The SMILES string of the molecule is N[C@H](CC1CC1)c1ccccc1Sc1ccc(Cl)cc1. The van der Waals surface area contributed by atoms with Crippen molar-refractivity contribution in [3.8, 4) is 0 Å². The molecule has 2 aromatic carbocycles. The highest BCUT2D eigenvalue weighted by atomic mass is 35.5. The van der Waals surface area contributed by atoms with Gasteiger partial charge in [0.05, 0.1) is 0 Å². The molecular weight excluding hydrogens is 286 g/mol. The van der Waals surface area contributed by atoms with E-state index >= 15 is 0 Å². The number of nitrogens with two attached hydrogens (primary N) is 1. The fraction of sp³-hybridized carbons (Fsp3) is 0.294. The summed E-state index contributed by atoms with van der Waals surface area (Å²) in [7, 11) is 0. The molecule has 1 atom stereocenters. The maximum atomic E-state index is 6.38. The maximum absolute atomic E-state index is 6.38. The van der Waals surface area contributed by atoms with E-state index in [9.17, 15) is 0 Å². The Labute approximate surface area is 129 Å². The Hall–Kier alpha value is -0.960. The molecule has 3 heteroatoms. The lowest BCUT2D eigenvalue weighted by Crippen LogP contribution is -2.11. The maximum Gasteiger partial charge on any atom is 0.0406 e. The third-order valence-electron chi connectivity index (χ3n) is 3.64. The number of benzene rings is 2. The Balaban J connectivity index is 1.79. The van der Waals surface area contributed by atoms with Crippen molar-refractivity contribution in [1.29, 1.82) is 0 Å². The third-order valence-corrected chi connectivity index (χ3v) is 5.00. The van der Waals surface area contributed by atoms with E-state index in [2.05, 4.69) is 36.4 Å². The van der Waals surface area contributed by atoms with Crippen molar-refractivity contribution >= 4 is 23.4 Å². The quantitative estimate of drug-likeness (QED) is 0.812. The molecular formula is C17H18ClNS. The molecule has 1 saturated carbocycles. The zero-order valence-electron chi connectivity index (χ0n) is 11.3. The summed E-state index contributed by atoms with van der Waals surface area (Å²) in [5, 5.41) is 0.771. The van der Waals surface area contributed by atoms with Gasteiger partial charge in [0.15, 0.2) is 0 Å². The number of rotatable bonds is 5. The average Bonchev–Trinajstić information content (AvgIpc) is 3.26. The normalized spacial score (nSPS) is 16.1. The van der Waals surface area contributed by atoms with E-state index in [-0.39, 0.29) is 6.04 Å². The Morgan fingerprint density at radius 2 is 1.80 bits per heavy atom. The van der Waals surface area contributed by atoms with Crippen LogP contribution in [0.2, 0.25) is 5.02 Å². The van der Waals surface area contributed by atoms with Gasteiger partial charge >= 0.3 is 0 Å². The van der Waals surface area contributed by atoms with Crippen LogP contribution < -0.4 is 5.73 Å². The van der Waals surface area contributed by atoms with Crippen molar-refractivity contribution in [3.05, 3.63) is 59.1 Å². The van der Waals surface area contributed by atoms with Gasteiger partial charge in [-0.1, -0.05) is 54.4 Å². The molecule has 20 heavy (non-hydrogen) atoms. The van der Waals surface area contributed by atoms with Gasteiger partial charge in [0.2, 0.25) is 0 Å². The molecule has 0 saturated heterocycles. The van der Waals surface area contributed by atoms with Gasteiger partial charge in [0, 0.05) is 20.9 Å². The van der Waals surface area contributed by atoms with Crippen LogP contribution in [0.5, 0.6) is 0 Å². The molecule has 3 rings (SSSR count). The molecule has 0 amide bonds. The second kappa shape index (κ2) is 6.21. The van der Waals surface area contributed by atoms with Crippen LogP contribution in [-0.4, -0.2) is 0 Å². The van der Waals surface area contributed by atoms with Crippen LogP contribution in [0.1, 0.15) is 30.9 Å². The number of hydrogen-bond acceptors (Lipinski definition) is 2. The van der Waals surface area contributed by atoms with Crippen LogP contribution in [0.15, 0.2) is 58.3 Å². The summed E-state index contributed by atoms with van der Waals surface area (Å²) in [5.74, 6) is 0.846. The molecule has 1 aliphatic rings. The fourth-order valence-electron chi connectivity index (χ4n) is 2.35. The van der Waals surface area contributed by atoms with Crippen LogP contribution in [0.25, 0.3) is 0 Å². The lowest BCUT2D eigenvalue weighted by Gasteiger charge is -2.16. The van der Waals surface area contributed by atoms with Crippen molar-refractivity contribution in [2.45, 2.75) is 35.1 Å². The zero-order chi connectivity index (χ0) is 13.9. The lowest BCUT2D eigenvalue weighted by atomic mass is 10.0. The van der Waals surface area contributed by atoms with Crippen LogP contribution in [-0.2, 0) is 0 Å². The summed E-state index contributed by atoms with van der Waals surface area (Å²) >= 11 is 7.69. The second-order valence-electron chi connectivity index (χ2n) is 5.38. The predicted molar refractivity (Wildman–Crippen MR) is 86.3 cm³/mol. The molecule has 0 radical (unpaired) electrons. The first kappa shape index (κ1) is 14.0. The minimum Gasteiger partial charge on any atom is -0.324 e. The molecule has 0 heterocycles. The molecule has 2 N–H and O–H groups in total. The highest BCUT2D eigenvalue weighted by Crippen LogP contribution is 2.40. The molecule has 0 spiro atoms. The fourth-order valence-corrected chi connectivity index (χ4v) is 3.49. The smallest absolute Gasteiger partial charge is 0.0406 e. The Kier molecular flexibility index (Phi) is 4.35. The van der Waals surface area contributed by atoms with E-state index in [4.69, 9.17) is 17.3 Å². The Morgan fingerprint density at radius 1 is 1.10 bits per heavy atom. The van der Waals surface area contributed by atoms with Gasteiger partial charge in [-0.05, 0) is 48.2 Å². The van der Waals surface area contributed by atoms with E-state index in [0.29, 0.717) is 0 Å². The van der Waals surface area contributed by atoms with Crippen LogP contribution >= 0.6 is 23.4 Å². The molecule has 104 valence electrons. The van der Waals surface area contributed by atoms with E-state index in [1.165, 1.54) is 28.2 Å². The Bertz CT molecular complexity index is 578. The largest absolute Gasteiger partial charge is 0.324 e. The van der Waals surface area contributed by atoms with Crippen LogP contribution in [0.4, 0.5) is 0 Å². The van der Waals surface area contributed by atoms with Gasteiger partial charge in [-0.15, -0.1) is 0 Å². The minimum atomic E-state index is 0.151. The number of halogens is 1. The summed E-state index contributed by atoms with van der Waals surface area (Å²) in [5.41, 5.74) is 7.64. The second-order valence-corrected chi connectivity index (χ2v) is 6.93. The van der Waals surface area contributed by atoms with Crippen molar-refractivity contribution < 1.29 is 0 Å². The van der Waals surface area contributed by atoms with E-state index in [1.54, 1.807) is 11.8 Å². The van der Waals surface area contributed by atoms with E-state index in [0.717, 1.165) is 17.4 Å². The Morgan fingerprint density at radius 3 is 2.50 bits per heavy atom. The molecule has 1 nitrogen and oxygen atoms in total. The minimum absolute atomic E-state index is 0.151. The van der Waals surface area contributed by atoms with Gasteiger partial charge in [-0.3, -0.25) is 0 Å². The van der Waals surface area contributed by atoms with Gasteiger partial charge in [0.1, 0.15) is 0 Å². The van der Waals surface area contributed by atoms with Crippen molar-refractivity contribution in [2.24, 2.45) is 11.7 Å².